The van der Waals surface area contributed by atoms with Crippen LogP contribution in [0.4, 0.5) is 0 Å². The maximum Gasteiger partial charge on any atom is 0.343 e. The summed E-state index contributed by atoms with van der Waals surface area (Å²) in [7, 11) is 0. The summed E-state index contributed by atoms with van der Waals surface area (Å²) in [6.45, 7) is 0. The van der Waals surface area contributed by atoms with Crippen LogP contribution in [0.15, 0.2) is 36.4 Å². The van der Waals surface area contributed by atoms with E-state index >= 15 is 0 Å². The van der Waals surface area contributed by atoms with Crippen molar-refractivity contribution < 1.29 is 55.1 Å². The number of ether oxygens (including phenoxy) is 2. The molecule has 0 bridgehead atoms. The highest BCUT2D eigenvalue weighted by Gasteiger charge is 2.22. The normalized spacial score (nSPS) is 10.5. The summed E-state index contributed by atoms with van der Waals surface area (Å²) < 4.78 is 10.5. The number of carboxylic acid groups (broad SMARTS) is 1. The fourth-order valence-corrected chi connectivity index (χ4v) is 2.51. The summed E-state index contributed by atoms with van der Waals surface area (Å²) in [5, 5.41) is 77.7. The number of carbonyl (C=O) groups is 1. The van der Waals surface area contributed by atoms with Crippen molar-refractivity contribution in [3.8, 4) is 63.2 Å². The lowest BCUT2D eigenvalue weighted by atomic mass is 10.1. The Bertz CT molecular complexity index is 1110. The molecule has 0 unspecified atom stereocenters. The van der Waals surface area contributed by atoms with Crippen LogP contribution in [-0.2, 0) is 0 Å². The van der Waals surface area contributed by atoms with Crippen molar-refractivity contribution in [2.75, 3.05) is 0 Å². The van der Waals surface area contributed by atoms with Crippen LogP contribution in [0.2, 0.25) is 0 Å². The number of hydrogen-bond acceptors (Lipinski definition) is 10. The highest BCUT2D eigenvalue weighted by molar-refractivity contribution is 5.94. The minimum atomic E-state index is -1.59. The second-order valence-corrected chi connectivity index (χ2v) is 5.92. The molecule has 0 aliphatic rings. The van der Waals surface area contributed by atoms with Gasteiger partial charge in [0.2, 0.25) is 17.2 Å². The van der Waals surface area contributed by atoms with Gasteiger partial charge in [-0.3, -0.25) is 0 Å². The molecule has 8 N–H and O–H groups in total. The first-order valence-electron chi connectivity index (χ1n) is 8.03. The molecule has 3 aromatic rings. The molecule has 0 amide bonds. The van der Waals surface area contributed by atoms with Gasteiger partial charge in [-0.2, -0.15) is 0 Å². The van der Waals surface area contributed by atoms with Gasteiger partial charge in [0.05, 0.1) is 0 Å². The first-order valence-corrected chi connectivity index (χ1v) is 8.03. The van der Waals surface area contributed by atoms with Crippen LogP contribution in [0.3, 0.4) is 0 Å². The van der Waals surface area contributed by atoms with E-state index in [1.54, 1.807) is 0 Å². The summed E-state index contributed by atoms with van der Waals surface area (Å²) in [5.41, 5.74) is -0.772. The molecular weight excluding hydrogens is 404 g/mol. The molecule has 0 heterocycles. The van der Waals surface area contributed by atoms with E-state index in [-0.39, 0.29) is 5.75 Å². The number of phenols is 7. The first-order chi connectivity index (χ1) is 14.1. The van der Waals surface area contributed by atoms with Gasteiger partial charge >= 0.3 is 5.97 Å². The SMILES string of the molecule is O=C(O)c1c(O)cc(Oc2c(O)ccc(Oc3c(O)cc(O)cc3O)c2O)cc1O. The third-order valence-corrected chi connectivity index (χ3v) is 3.82. The van der Waals surface area contributed by atoms with E-state index in [1.807, 2.05) is 0 Å². The van der Waals surface area contributed by atoms with E-state index in [9.17, 15) is 40.5 Å². The summed E-state index contributed by atoms with van der Waals surface area (Å²) in [6.07, 6.45) is 0. The number of aromatic carboxylic acids is 1. The Morgan fingerprint density at radius 2 is 1.23 bits per heavy atom. The Hall–Kier alpha value is -4.67. The van der Waals surface area contributed by atoms with Crippen LogP contribution < -0.4 is 9.47 Å². The van der Waals surface area contributed by atoms with E-state index in [4.69, 9.17) is 14.6 Å². The maximum absolute atomic E-state index is 11.0. The average molecular weight is 418 g/mol. The Morgan fingerprint density at radius 1 is 0.667 bits per heavy atom. The van der Waals surface area contributed by atoms with Crippen molar-refractivity contribution in [1.82, 2.24) is 0 Å². The number of carboxylic acids is 1. The van der Waals surface area contributed by atoms with Crippen molar-refractivity contribution in [3.05, 3.63) is 42.0 Å². The summed E-state index contributed by atoms with van der Waals surface area (Å²) in [5.74, 6) is -8.25. The highest BCUT2D eigenvalue weighted by atomic mass is 16.5. The summed E-state index contributed by atoms with van der Waals surface area (Å²) in [4.78, 5) is 11.0. The van der Waals surface area contributed by atoms with Gasteiger partial charge in [-0.05, 0) is 12.1 Å². The Kier molecular flexibility index (Phi) is 4.95. The predicted molar refractivity (Wildman–Crippen MR) is 98.1 cm³/mol. The lowest BCUT2D eigenvalue weighted by Gasteiger charge is -2.15. The second-order valence-electron chi connectivity index (χ2n) is 5.92. The van der Waals surface area contributed by atoms with Crippen molar-refractivity contribution in [2.24, 2.45) is 0 Å². The molecule has 0 aliphatic heterocycles. The first kappa shape index (κ1) is 20.1. The molecule has 30 heavy (non-hydrogen) atoms. The molecule has 0 radical (unpaired) electrons. The van der Waals surface area contributed by atoms with Gasteiger partial charge in [0.25, 0.3) is 0 Å². The van der Waals surface area contributed by atoms with E-state index in [0.717, 1.165) is 36.4 Å². The van der Waals surface area contributed by atoms with Crippen LogP contribution in [0.5, 0.6) is 63.2 Å². The number of benzene rings is 3. The van der Waals surface area contributed by atoms with Crippen LogP contribution in [-0.4, -0.2) is 46.8 Å². The van der Waals surface area contributed by atoms with Crippen LogP contribution >= 0.6 is 0 Å². The molecule has 0 aromatic heterocycles. The van der Waals surface area contributed by atoms with Crippen molar-refractivity contribution >= 4 is 5.97 Å². The molecule has 0 spiro atoms. The van der Waals surface area contributed by atoms with E-state index in [2.05, 4.69) is 0 Å². The topological polar surface area (TPSA) is 197 Å². The van der Waals surface area contributed by atoms with Gasteiger partial charge < -0.3 is 50.3 Å². The fraction of sp³-hybridized carbons (Fsp3) is 0. The molecule has 0 fully saturated rings. The van der Waals surface area contributed by atoms with Gasteiger partial charge in [0.15, 0.2) is 23.0 Å². The van der Waals surface area contributed by atoms with E-state index < -0.39 is 69.0 Å². The van der Waals surface area contributed by atoms with Crippen molar-refractivity contribution in [2.45, 2.75) is 0 Å². The molecular formula is C19H14O11. The molecule has 3 aromatic carbocycles. The van der Waals surface area contributed by atoms with Crippen molar-refractivity contribution in [1.29, 1.82) is 0 Å². The van der Waals surface area contributed by atoms with Gasteiger partial charge in [-0.1, -0.05) is 0 Å². The monoisotopic (exact) mass is 418 g/mol. The number of aromatic hydroxyl groups is 7. The van der Waals surface area contributed by atoms with E-state index in [1.165, 1.54) is 0 Å². The minimum absolute atomic E-state index is 0.340. The summed E-state index contributed by atoms with van der Waals surface area (Å²) in [6, 6.07) is 5.51. The number of hydrogen-bond donors (Lipinski definition) is 8. The molecule has 0 atom stereocenters. The number of rotatable bonds is 5. The standard InChI is InChI=1S/C19H14O11/c20-7-3-12(24)17(13(25)4-7)30-14-2-1-9(21)18(16(14)26)29-8-5-10(22)15(19(27)28)11(23)6-8/h1-6,20-26H,(H,27,28). The van der Waals surface area contributed by atoms with Gasteiger partial charge in [0, 0.05) is 24.3 Å². The maximum atomic E-state index is 11.0. The number of phenolic OH excluding ortho intramolecular Hbond substituents is 5. The Balaban J connectivity index is 1.99. The molecule has 156 valence electrons. The van der Waals surface area contributed by atoms with Gasteiger partial charge in [-0.15, -0.1) is 0 Å². The fourth-order valence-electron chi connectivity index (χ4n) is 2.51. The van der Waals surface area contributed by atoms with Crippen LogP contribution in [0, 0.1) is 0 Å². The Morgan fingerprint density at radius 3 is 1.77 bits per heavy atom. The van der Waals surface area contributed by atoms with Crippen molar-refractivity contribution in [3.63, 3.8) is 0 Å². The predicted octanol–water partition coefficient (Wildman–Crippen LogP) is 2.91. The molecule has 0 saturated carbocycles. The lowest BCUT2D eigenvalue weighted by Crippen LogP contribution is -1.98. The molecule has 11 nitrogen and oxygen atoms in total. The third kappa shape index (κ3) is 3.67. The zero-order valence-electron chi connectivity index (χ0n) is 14.8. The molecule has 11 heteroatoms. The average Bonchev–Trinajstić information content (AvgIpc) is 2.62. The largest absolute Gasteiger partial charge is 0.508 e. The molecule has 0 aliphatic carbocycles. The van der Waals surface area contributed by atoms with Gasteiger partial charge in [0.1, 0.15) is 28.6 Å². The quantitative estimate of drug-likeness (QED) is 0.303. The zero-order valence-corrected chi connectivity index (χ0v) is 14.8. The van der Waals surface area contributed by atoms with Crippen LogP contribution in [0.25, 0.3) is 0 Å². The molecule has 0 saturated heterocycles. The second kappa shape index (κ2) is 7.39. The third-order valence-electron chi connectivity index (χ3n) is 3.82. The smallest absolute Gasteiger partial charge is 0.343 e. The minimum Gasteiger partial charge on any atom is -0.508 e. The summed E-state index contributed by atoms with van der Waals surface area (Å²) >= 11 is 0. The highest BCUT2D eigenvalue weighted by Crippen LogP contribution is 2.50. The van der Waals surface area contributed by atoms with Crippen LogP contribution in [0.1, 0.15) is 10.4 Å². The van der Waals surface area contributed by atoms with Gasteiger partial charge in [-0.25, -0.2) is 4.79 Å². The lowest BCUT2D eigenvalue weighted by molar-refractivity contribution is 0.0690. The zero-order chi connectivity index (χ0) is 22.2. The molecule has 3 rings (SSSR count). The van der Waals surface area contributed by atoms with E-state index in [0.29, 0.717) is 0 Å². The Labute approximate surface area is 167 Å².